The Morgan fingerprint density at radius 1 is 1.00 bits per heavy atom. The van der Waals surface area contributed by atoms with E-state index in [4.69, 9.17) is 4.74 Å². The second-order valence-corrected chi connectivity index (χ2v) is 5.77. The van der Waals surface area contributed by atoms with E-state index in [1.807, 2.05) is 34.9 Å². The molecule has 4 aromatic rings. The second-order valence-electron chi connectivity index (χ2n) is 5.77. The van der Waals surface area contributed by atoms with Crippen molar-refractivity contribution in [1.82, 2.24) is 14.5 Å². The van der Waals surface area contributed by atoms with E-state index < -0.39 is 0 Å². The highest BCUT2D eigenvalue weighted by Crippen LogP contribution is 2.30. The van der Waals surface area contributed by atoms with Crippen LogP contribution in [0, 0.1) is 0 Å². The highest BCUT2D eigenvalue weighted by Gasteiger charge is 2.14. The summed E-state index contributed by atoms with van der Waals surface area (Å²) < 4.78 is 7.07. The number of benzene rings is 2. The smallest absolute Gasteiger partial charge is 0.338 e. The molecule has 2 aromatic carbocycles. The zero-order valence-corrected chi connectivity index (χ0v) is 14.3. The van der Waals surface area contributed by atoms with Crippen molar-refractivity contribution in [2.75, 3.05) is 6.61 Å². The van der Waals surface area contributed by atoms with Gasteiger partial charge in [0.2, 0.25) is 5.95 Å². The first-order chi connectivity index (χ1) is 12.8. The summed E-state index contributed by atoms with van der Waals surface area (Å²) in [5, 5.41) is 1.10. The molecule has 5 nitrogen and oxygen atoms in total. The molecular weight excluding hydrogens is 326 g/mol. The Labute approximate surface area is 150 Å². The molecule has 128 valence electrons. The van der Waals surface area contributed by atoms with Crippen LogP contribution in [0.15, 0.2) is 73.1 Å². The molecule has 0 unspecified atom stereocenters. The summed E-state index contributed by atoms with van der Waals surface area (Å²) in [6, 6.07) is 19.4. The molecule has 0 aliphatic carbocycles. The van der Waals surface area contributed by atoms with Gasteiger partial charge in [-0.15, -0.1) is 0 Å². The number of fused-ring (bicyclic) bond motifs is 1. The fraction of sp³-hybridized carbons (Fsp3) is 0.0952. The van der Waals surface area contributed by atoms with Gasteiger partial charge in [-0.1, -0.05) is 30.3 Å². The van der Waals surface area contributed by atoms with E-state index in [0.717, 1.165) is 22.2 Å². The van der Waals surface area contributed by atoms with Crippen LogP contribution in [-0.2, 0) is 4.74 Å². The molecule has 0 saturated heterocycles. The van der Waals surface area contributed by atoms with Gasteiger partial charge < -0.3 is 4.74 Å². The molecule has 4 rings (SSSR count). The van der Waals surface area contributed by atoms with Crippen LogP contribution in [0.3, 0.4) is 0 Å². The highest BCUT2D eigenvalue weighted by molar-refractivity contribution is 5.91. The number of aromatic nitrogens is 3. The van der Waals surface area contributed by atoms with Gasteiger partial charge in [-0.25, -0.2) is 14.8 Å². The number of rotatable bonds is 4. The van der Waals surface area contributed by atoms with Gasteiger partial charge in [0, 0.05) is 17.8 Å². The first-order valence-corrected chi connectivity index (χ1v) is 8.43. The largest absolute Gasteiger partial charge is 0.462 e. The standard InChI is InChI=1S/C21H17N3O2/c1-2-26-20(25)16-10-8-15(9-11-16)19-14-17-6-3-4-7-18(17)24(19)21-22-12-5-13-23-21/h3-14H,2H2,1H3. The van der Waals surface area contributed by atoms with Gasteiger partial charge in [-0.3, -0.25) is 4.57 Å². The highest BCUT2D eigenvalue weighted by atomic mass is 16.5. The Kier molecular flexibility index (Phi) is 4.19. The maximum absolute atomic E-state index is 11.9. The van der Waals surface area contributed by atoms with Crippen LogP contribution in [0.5, 0.6) is 0 Å². The number of carbonyl (C=O) groups excluding carboxylic acids is 1. The monoisotopic (exact) mass is 343 g/mol. The van der Waals surface area contributed by atoms with Crippen molar-refractivity contribution < 1.29 is 9.53 Å². The number of nitrogens with zero attached hydrogens (tertiary/aromatic N) is 3. The normalized spacial score (nSPS) is 10.8. The van der Waals surface area contributed by atoms with Gasteiger partial charge in [0.1, 0.15) is 0 Å². The molecular formula is C21H17N3O2. The van der Waals surface area contributed by atoms with E-state index in [-0.39, 0.29) is 5.97 Å². The zero-order chi connectivity index (χ0) is 17.9. The predicted octanol–water partition coefficient (Wildman–Crippen LogP) is 4.26. The summed E-state index contributed by atoms with van der Waals surface area (Å²) >= 11 is 0. The molecule has 0 amide bonds. The van der Waals surface area contributed by atoms with E-state index in [1.54, 1.807) is 37.5 Å². The maximum atomic E-state index is 11.9. The fourth-order valence-corrected chi connectivity index (χ4v) is 2.98. The lowest BCUT2D eigenvalue weighted by molar-refractivity contribution is 0.0526. The van der Waals surface area contributed by atoms with Crippen LogP contribution < -0.4 is 0 Å². The van der Waals surface area contributed by atoms with Crippen molar-refractivity contribution in [2.24, 2.45) is 0 Å². The van der Waals surface area contributed by atoms with Crippen LogP contribution in [0.4, 0.5) is 0 Å². The van der Waals surface area contributed by atoms with E-state index in [1.165, 1.54) is 0 Å². The summed E-state index contributed by atoms with van der Waals surface area (Å²) in [6.45, 7) is 2.16. The van der Waals surface area contributed by atoms with Crippen molar-refractivity contribution in [2.45, 2.75) is 6.92 Å². The zero-order valence-electron chi connectivity index (χ0n) is 14.3. The van der Waals surface area contributed by atoms with Crippen molar-refractivity contribution in [3.05, 3.63) is 78.6 Å². The predicted molar refractivity (Wildman–Crippen MR) is 100 cm³/mol. The molecule has 0 atom stereocenters. The van der Waals surface area contributed by atoms with E-state index in [2.05, 4.69) is 22.1 Å². The Bertz CT molecular complexity index is 1050. The average Bonchev–Trinajstić information content (AvgIpc) is 3.08. The number of para-hydroxylation sites is 1. The van der Waals surface area contributed by atoms with Gasteiger partial charge in [0.15, 0.2) is 0 Å². The van der Waals surface area contributed by atoms with Crippen molar-refractivity contribution in [3.8, 4) is 17.2 Å². The average molecular weight is 343 g/mol. The first-order valence-electron chi connectivity index (χ1n) is 8.43. The number of carbonyl (C=O) groups is 1. The van der Waals surface area contributed by atoms with Gasteiger partial charge in [-0.2, -0.15) is 0 Å². The Hall–Kier alpha value is -3.47. The van der Waals surface area contributed by atoms with E-state index in [0.29, 0.717) is 18.1 Å². The van der Waals surface area contributed by atoms with E-state index >= 15 is 0 Å². The van der Waals surface area contributed by atoms with Crippen LogP contribution >= 0.6 is 0 Å². The third-order valence-electron chi connectivity index (χ3n) is 4.15. The minimum absolute atomic E-state index is 0.314. The molecule has 0 spiro atoms. The lowest BCUT2D eigenvalue weighted by Crippen LogP contribution is -2.05. The van der Waals surface area contributed by atoms with Crippen molar-refractivity contribution in [1.29, 1.82) is 0 Å². The molecule has 0 saturated carbocycles. The third-order valence-corrected chi connectivity index (χ3v) is 4.15. The third kappa shape index (κ3) is 2.84. The van der Waals surface area contributed by atoms with Crippen LogP contribution in [0.1, 0.15) is 17.3 Å². The van der Waals surface area contributed by atoms with Gasteiger partial charge in [0.25, 0.3) is 0 Å². The van der Waals surface area contributed by atoms with Gasteiger partial charge >= 0.3 is 5.97 Å². The van der Waals surface area contributed by atoms with Crippen molar-refractivity contribution in [3.63, 3.8) is 0 Å². The van der Waals surface area contributed by atoms with Gasteiger partial charge in [-0.05, 0) is 42.8 Å². The molecule has 5 heteroatoms. The second kappa shape index (κ2) is 6.80. The SMILES string of the molecule is CCOC(=O)c1ccc(-c2cc3ccccc3n2-c2ncccn2)cc1. The lowest BCUT2D eigenvalue weighted by Gasteiger charge is -2.09. The van der Waals surface area contributed by atoms with Gasteiger partial charge in [0.05, 0.1) is 23.4 Å². The number of esters is 1. The molecule has 0 fully saturated rings. The molecule has 0 radical (unpaired) electrons. The number of hydrogen-bond acceptors (Lipinski definition) is 4. The molecule has 0 aliphatic heterocycles. The van der Waals surface area contributed by atoms with E-state index in [9.17, 15) is 4.79 Å². The molecule has 0 aliphatic rings. The van der Waals surface area contributed by atoms with Crippen molar-refractivity contribution >= 4 is 16.9 Å². The van der Waals surface area contributed by atoms with Crippen LogP contribution in [-0.4, -0.2) is 27.1 Å². The molecule has 2 aromatic heterocycles. The maximum Gasteiger partial charge on any atom is 0.338 e. The summed E-state index contributed by atoms with van der Waals surface area (Å²) in [6.07, 6.45) is 3.45. The summed E-state index contributed by atoms with van der Waals surface area (Å²) in [5.41, 5.74) is 3.51. The molecule has 0 N–H and O–H groups in total. The lowest BCUT2D eigenvalue weighted by atomic mass is 10.1. The molecule has 2 heterocycles. The fourth-order valence-electron chi connectivity index (χ4n) is 2.98. The Morgan fingerprint density at radius 3 is 2.46 bits per heavy atom. The quantitative estimate of drug-likeness (QED) is 0.519. The summed E-state index contributed by atoms with van der Waals surface area (Å²) in [4.78, 5) is 20.7. The topological polar surface area (TPSA) is 57.0 Å². The molecule has 0 bridgehead atoms. The first kappa shape index (κ1) is 16.0. The minimum Gasteiger partial charge on any atom is -0.462 e. The summed E-state index contributed by atoms with van der Waals surface area (Å²) in [5.74, 6) is 0.296. The summed E-state index contributed by atoms with van der Waals surface area (Å²) in [7, 11) is 0. The molecule has 26 heavy (non-hydrogen) atoms. The Morgan fingerprint density at radius 2 is 1.73 bits per heavy atom. The van der Waals surface area contributed by atoms with Crippen LogP contribution in [0.25, 0.3) is 28.1 Å². The minimum atomic E-state index is -0.314. The number of hydrogen-bond donors (Lipinski definition) is 0. The van der Waals surface area contributed by atoms with Crippen LogP contribution in [0.2, 0.25) is 0 Å². The number of ether oxygens (including phenoxy) is 1. The Balaban J connectivity index is 1.85.